The Labute approximate surface area is 57.4 Å². The van der Waals surface area contributed by atoms with Crippen molar-refractivity contribution in [1.82, 2.24) is 5.16 Å². The number of aromatic nitrogens is 1. The van der Waals surface area contributed by atoms with E-state index in [1.54, 1.807) is 6.92 Å². The summed E-state index contributed by atoms with van der Waals surface area (Å²) in [6.07, 6.45) is 0. The van der Waals surface area contributed by atoms with Crippen molar-refractivity contribution < 1.29 is 9.32 Å². The minimum Gasteiger partial charge on any atom is -0.361 e. The molecule has 0 saturated carbocycles. The van der Waals surface area contributed by atoms with Crippen LogP contribution in [0.2, 0.25) is 0 Å². The quantitative estimate of drug-likeness (QED) is 0.597. The van der Waals surface area contributed by atoms with Gasteiger partial charge in [0.25, 0.3) is 0 Å². The fraction of sp³-hybridized carbons (Fsp3) is 0.200. The van der Waals surface area contributed by atoms with Gasteiger partial charge < -0.3 is 4.52 Å². The summed E-state index contributed by atoms with van der Waals surface area (Å²) in [7, 11) is 0. The lowest BCUT2D eigenvalue weighted by atomic mass is 10.4. The predicted octanol–water partition coefficient (Wildman–Crippen LogP) is 1.05. The molecule has 0 bridgehead atoms. The van der Waals surface area contributed by atoms with Gasteiger partial charge in [-0.05, 0) is 6.92 Å². The number of rotatable bonds is 1. The molecule has 0 aliphatic rings. The van der Waals surface area contributed by atoms with E-state index >= 15 is 0 Å². The largest absolute Gasteiger partial charge is 0.361 e. The zero-order valence-corrected chi connectivity index (χ0v) is 5.68. The number of thiol groups is 1. The molecule has 48 valence electrons. The molecule has 0 spiro atoms. The van der Waals surface area contributed by atoms with Crippen molar-refractivity contribution in [2.24, 2.45) is 0 Å². The molecule has 4 heteroatoms. The Hall–Kier alpha value is -0.770. The second-order valence-electron chi connectivity index (χ2n) is 1.63. The van der Waals surface area contributed by atoms with E-state index in [0.717, 1.165) is 0 Å². The number of aryl methyl sites for hydroxylation is 1. The molecule has 0 unspecified atom stereocenters. The lowest BCUT2D eigenvalue weighted by Gasteiger charge is -1.75. The van der Waals surface area contributed by atoms with Crippen molar-refractivity contribution in [3.8, 4) is 0 Å². The summed E-state index contributed by atoms with van der Waals surface area (Å²) in [4.78, 5) is 10.4. The minimum absolute atomic E-state index is 0.260. The van der Waals surface area contributed by atoms with Crippen LogP contribution in [0, 0.1) is 6.92 Å². The molecule has 0 radical (unpaired) electrons. The van der Waals surface area contributed by atoms with E-state index < -0.39 is 0 Å². The molecule has 0 aliphatic heterocycles. The monoisotopic (exact) mass is 143 g/mol. The van der Waals surface area contributed by atoms with Gasteiger partial charge in [0.1, 0.15) is 5.76 Å². The summed E-state index contributed by atoms with van der Waals surface area (Å²) in [6.45, 7) is 1.72. The van der Waals surface area contributed by atoms with Gasteiger partial charge >= 0.3 is 0 Å². The number of carbonyl (C=O) groups is 1. The highest BCUT2D eigenvalue weighted by atomic mass is 32.1. The molecule has 0 saturated heterocycles. The third kappa shape index (κ3) is 1.32. The van der Waals surface area contributed by atoms with Crippen molar-refractivity contribution in [3.63, 3.8) is 0 Å². The van der Waals surface area contributed by atoms with Crippen LogP contribution in [0.1, 0.15) is 16.2 Å². The van der Waals surface area contributed by atoms with Gasteiger partial charge in [-0.1, -0.05) is 17.8 Å². The summed E-state index contributed by atoms with van der Waals surface area (Å²) in [5.74, 6) is 0.618. The summed E-state index contributed by atoms with van der Waals surface area (Å²) < 4.78 is 4.61. The van der Waals surface area contributed by atoms with Crippen LogP contribution in [0.15, 0.2) is 10.6 Å². The first-order valence-electron chi connectivity index (χ1n) is 2.37. The highest BCUT2D eigenvalue weighted by Gasteiger charge is 2.04. The fourth-order valence-electron chi connectivity index (χ4n) is 0.467. The number of hydrogen-bond acceptors (Lipinski definition) is 3. The topological polar surface area (TPSA) is 43.1 Å². The molecule has 0 N–H and O–H groups in total. The first-order valence-corrected chi connectivity index (χ1v) is 2.81. The van der Waals surface area contributed by atoms with E-state index in [0.29, 0.717) is 5.76 Å². The standard InChI is InChI=1S/C5H5NO2S/c1-3-2-4(5(7)9)6-8-3/h2H,1H3,(H,7,9). The maximum absolute atomic E-state index is 10.4. The minimum atomic E-state index is -0.369. The van der Waals surface area contributed by atoms with Crippen molar-refractivity contribution >= 4 is 17.7 Å². The van der Waals surface area contributed by atoms with Crippen molar-refractivity contribution in [1.29, 1.82) is 0 Å². The van der Waals surface area contributed by atoms with E-state index in [-0.39, 0.29) is 10.8 Å². The normalized spacial score (nSPS) is 9.56. The molecule has 1 aromatic heterocycles. The lowest BCUT2D eigenvalue weighted by molar-refractivity contribution is 0.108. The smallest absolute Gasteiger partial charge is 0.238 e. The van der Waals surface area contributed by atoms with E-state index in [4.69, 9.17) is 0 Å². The Morgan fingerprint density at radius 2 is 2.56 bits per heavy atom. The van der Waals surface area contributed by atoms with Gasteiger partial charge in [0.15, 0.2) is 5.69 Å². The summed E-state index contributed by atoms with van der Waals surface area (Å²) in [5.41, 5.74) is 0.260. The molecule has 1 aromatic rings. The summed E-state index contributed by atoms with van der Waals surface area (Å²) in [5, 5.41) is 3.05. The molecule has 3 nitrogen and oxygen atoms in total. The van der Waals surface area contributed by atoms with Crippen LogP contribution in [-0.4, -0.2) is 10.3 Å². The zero-order valence-electron chi connectivity index (χ0n) is 4.79. The fourth-order valence-corrected chi connectivity index (χ4v) is 0.573. The number of nitrogens with zero attached hydrogens (tertiary/aromatic N) is 1. The Morgan fingerprint density at radius 3 is 2.78 bits per heavy atom. The maximum Gasteiger partial charge on any atom is 0.238 e. The molecule has 0 atom stereocenters. The van der Waals surface area contributed by atoms with Gasteiger partial charge in [0.2, 0.25) is 5.12 Å². The van der Waals surface area contributed by atoms with Crippen LogP contribution >= 0.6 is 12.6 Å². The van der Waals surface area contributed by atoms with E-state index in [1.165, 1.54) is 6.07 Å². The van der Waals surface area contributed by atoms with E-state index in [2.05, 4.69) is 22.3 Å². The number of carbonyl (C=O) groups excluding carboxylic acids is 1. The third-order valence-corrected chi connectivity index (χ3v) is 1.08. The molecule has 9 heavy (non-hydrogen) atoms. The highest BCUT2D eigenvalue weighted by Crippen LogP contribution is 2.03. The average Bonchev–Trinajstić information content (AvgIpc) is 2.14. The van der Waals surface area contributed by atoms with Gasteiger partial charge in [-0.15, -0.1) is 0 Å². The van der Waals surface area contributed by atoms with Crippen LogP contribution in [0.4, 0.5) is 0 Å². The second kappa shape index (κ2) is 2.23. The second-order valence-corrected chi connectivity index (χ2v) is 2.03. The molecule has 0 aliphatic carbocycles. The van der Waals surface area contributed by atoms with Gasteiger partial charge in [-0.2, -0.15) is 0 Å². The zero-order chi connectivity index (χ0) is 6.85. The molecular formula is C5H5NO2S. The maximum atomic E-state index is 10.4. The average molecular weight is 143 g/mol. The molecule has 1 heterocycles. The Morgan fingerprint density at radius 1 is 1.89 bits per heavy atom. The Kier molecular flexibility index (Phi) is 1.57. The van der Waals surface area contributed by atoms with Crippen LogP contribution in [0.5, 0.6) is 0 Å². The van der Waals surface area contributed by atoms with Crippen LogP contribution in [0.25, 0.3) is 0 Å². The third-order valence-electron chi connectivity index (χ3n) is 0.847. The molecule has 0 amide bonds. The van der Waals surface area contributed by atoms with Crippen LogP contribution in [-0.2, 0) is 0 Å². The first kappa shape index (κ1) is 6.35. The molecular weight excluding hydrogens is 138 g/mol. The predicted molar refractivity (Wildman–Crippen MR) is 34.6 cm³/mol. The van der Waals surface area contributed by atoms with Gasteiger partial charge in [0.05, 0.1) is 0 Å². The van der Waals surface area contributed by atoms with E-state index in [1.807, 2.05) is 0 Å². The molecule has 0 aromatic carbocycles. The van der Waals surface area contributed by atoms with Gasteiger partial charge in [-0.3, -0.25) is 4.79 Å². The summed E-state index contributed by atoms with van der Waals surface area (Å²) >= 11 is 3.54. The SMILES string of the molecule is Cc1cc(C(=O)S)no1. The van der Waals surface area contributed by atoms with Gasteiger partial charge in [-0.25, -0.2) is 0 Å². The van der Waals surface area contributed by atoms with Crippen LogP contribution < -0.4 is 0 Å². The summed E-state index contributed by atoms with van der Waals surface area (Å²) in [6, 6.07) is 1.54. The number of hydrogen-bond donors (Lipinski definition) is 1. The highest BCUT2D eigenvalue weighted by molar-refractivity contribution is 7.97. The van der Waals surface area contributed by atoms with E-state index in [9.17, 15) is 4.79 Å². The first-order chi connectivity index (χ1) is 4.20. The van der Waals surface area contributed by atoms with Crippen molar-refractivity contribution in [3.05, 3.63) is 17.5 Å². The lowest BCUT2D eigenvalue weighted by Crippen LogP contribution is -1.85. The Bertz CT molecular complexity index is 231. The van der Waals surface area contributed by atoms with Crippen molar-refractivity contribution in [2.75, 3.05) is 0 Å². The van der Waals surface area contributed by atoms with Gasteiger partial charge in [0, 0.05) is 6.07 Å². The van der Waals surface area contributed by atoms with Crippen LogP contribution in [0.3, 0.4) is 0 Å². The molecule has 1 rings (SSSR count). The Balaban J connectivity index is 2.98. The molecule has 0 fully saturated rings. The van der Waals surface area contributed by atoms with Crippen molar-refractivity contribution in [2.45, 2.75) is 6.92 Å².